The molecule has 0 amide bonds. The van der Waals surface area contributed by atoms with Crippen molar-refractivity contribution in [2.75, 3.05) is 0 Å². The van der Waals surface area contributed by atoms with E-state index < -0.39 is 5.97 Å². The Morgan fingerprint density at radius 2 is 1.91 bits per heavy atom. The molecule has 0 aliphatic rings. The average Bonchev–Trinajstić information content (AvgIpc) is 1.82. The van der Waals surface area contributed by atoms with Gasteiger partial charge in [0.2, 0.25) is 0 Å². The summed E-state index contributed by atoms with van der Waals surface area (Å²) in [6.07, 6.45) is 2.91. The van der Waals surface area contributed by atoms with Crippen LogP contribution in [0.1, 0.15) is 33.1 Å². The molecule has 11 heavy (non-hydrogen) atoms. The number of unbranched alkanes of at least 4 members (excludes halogenated alkanes) is 1. The van der Waals surface area contributed by atoms with Gasteiger partial charge in [-0.2, -0.15) is 0 Å². The summed E-state index contributed by atoms with van der Waals surface area (Å²) in [5.74, 6) is -0.839. The van der Waals surface area contributed by atoms with E-state index in [4.69, 9.17) is 5.11 Å². The molecule has 70 valence electrons. The van der Waals surface area contributed by atoms with Crippen LogP contribution < -0.4 is 0 Å². The molecule has 0 spiro atoms. The van der Waals surface area contributed by atoms with Crippen LogP contribution in [0.2, 0.25) is 0 Å². The molecule has 1 unspecified atom stereocenters. The minimum absolute atomic E-state index is 0. The number of carboxylic acid groups (broad SMARTS) is 1. The maximum atomic E-state index is 10.2. The van der Waals surface area contributed by atoms with Gasteiger partial charge in [0.1, 0.15) is 0 Å². The molecule has 0 bridgehead atoms. The van der Waals surface area contributed by atoms with E-state index in [1.807, 2.05) is 0 Å². The van der Waals surface area contributed by atoms with Crippen LogP contribution in [-0.4, -0.2) is 22.0 Å². The van der Waals surface area contributed by atoms with Crippen LogP contribution in [0.5, 0.6) is 0 Å². The third-order valence-electron chi connectivity index (χ3n) is 1.41. The molecule has 4 heteroatoms. The molecule has 1 atom stereocenters. The summed E-state index contributed by atoms with van der Waals surface area (Å²) in [6.45, 7) is 3.81. The summed E-state index contributed by atoms with van der Waals surface area (Å²) in [7, 11) is 0. The van der Waals surface area contributed by atoms with Gasteiger partial charge in [-0.05, 0) is 6.42 Å². The van der Waals surface area contributed by atoms with Crippen LogP contribution in [0.25, 0.3) is 0 Å². The summed E-state index contributed by atoms with van der Waals surface area (Å²) in [5, 5.41) is 8.41. The molecule has 0 fully saturated rings. The molecule has 0 aliphatic carbocycles. The summed E-state index contributed by atoms with van der Waals surface area (Å²) in [4.78, 5) is 10.2. The van der Waals surface area contributed by atoms with Gasteiger partial charge in [0, 0.05) is 0 Å². The van der Waals surface area contributed by atoms with Crippen LogP contribution >= 0.6 is 0 Å². The fourth-order valence-corrected chi connectivity index (χ4v) is 0.634. The number of aliphatic carboxylic acids is 1. The molecule has 0 heterocycles. The SMILES string of the molecule is CCCCC(C)C(=O)O.O.O. The van der Waals surface area contributed by atoms with Crippen molar-refractivity contribution in [2.24, 2.45) is 5.92 Å². The lowest BCUT2D eigenvalue weighted by atomic mass is 10.1. The molecule has 0 radical (unpaired) electrons. The van der Waals surface area contributed by atoms with Crippen molar-refractivity contribution in [3.63, 3.8) is 0 Å². The fraction of sp³-hybridized carbons (Fsp3) is 0.857. The standard InChI is InChI=1S/C7H14O2.2H2O/c1-3-4-5-6(2)7(8)9;;/h6H,3-5H2,1-2H3,(H,8,9);2*1H2. The largest absolute Gasteiger partial charge is 0.481 e. The van der Waals surface area contributed by atoms with Crippen molar-refractivity contribution in [1.82, 2.24) is 0 Å². The van der Waals surface area contributed by atoms with Gasteiger partial charge in [-0.25, -0.2) is 0 Å². The molecule has 0 aromatic carbocycles. The highest BCUT2D eigenvalue weighted by molar-refractivity contribution is 5.69. The van der Waals surface area contributed by atoms with Crippen molar-refractivity contribution in [3.05, 3.63) is 0 Å². The first-order valence-electron chi connectivity index (χ1n) is 3.41. The second-order valence-electron chi connectivity index (χ2n) is 2.38. The molecular weight excluding hydrogens is 148 g/mol. The number of hydrogen-bond donors (Lipinski definition) is 1. The highest BCUT2D eigenvalue weighted by Crippen LogP contribution is 2.06. The lowest BCUT2D eigenvalue weighted by molar-refractivity contribution is -0.141. The Morgan fingerprint density at radius 1 is 1.45 bits per heavy atom. The number of carboxylic acids is 1. The number of carbonyl (C=O) groups is 1. The maximum Gasteiger partial charge on any atom is 0.306 e. The Labute approximate surface area is 66.8 Å². The van der Waals surface area contributed by atoms with Gasteiger partial charge in [-0.15, -0.1) is 0 Å². The van der Waals surface area contributed by atoms with Crippen LogP contribution in [-0.2, 0) is 4.79 Å². The van der Waals surface area contributed by atoms with Gasteiger partial charge in [0.05, 0.1) is 5.92 Å². The van der Waals surface area contributed by atoms with E-state index >= 15 is 0 Å². The van der Waals surface area contributed by atoms with E-state index in [0.717, 1.165) is 19.3 Å². The molecule has 0 rings (SSSR count). The van der Waals surface area contributed by atoms with E-state index in [0.29, 0.717) is 0 Å². The van der Waals surface area contributed by atoms with Gasteiger partial charge in [0.15, 0.2) is 0 Å². The first kappa shape index (κ1) is 16.8. The second-order valence-corrected chi connectivity index (χ2v) is 2.38. The van der Waals surface area contributed by atoms with Crippen LogP contribution in [0, 0.1) is 5.92 Å². The molecule has 4 nitrogen and oxygen atoms in total. The van der Waals surface area contributed by atoms with Gasteiger partial charge in [-0.1, -0.05) is 26.7 Å². The first-order valence-corrected chi connectivity index (χ1v) is 3.41. The van der Waals surface area contributed by atoms with Gasteiger partial charge >= 0.3 is 5.97 Å². The number of rotatable bonds is 4. The van der Waals surface area contributed by atoms with Crippen LogP contribution in [0.15, 0.2) is 0 Å². The molecule has 0 aromatic heterocycles. The molecule has 0 saturated heterocycles. The predicted octanol–water partition coefficient (Wildman–Crippen LogP) is 0.248. The van der Waals surface area contributed by atoms with Crippen molar-refractivity contribution in [1.29, 1.82) is 0 Å². The van der Waals surface area contributed by atoms with Gasteiger partial charge in [-0.3, -0.25) is 4.79 Å². The topological polar surface area (TPSA) is 100 Å². The Morgan fingerprint density at radius 3 is 2.18 bits per heavy atom. The van der Waals surface area contributed by atoms with Crippen LogP contribution in [0.3, 0.4) is 0 Å². The lowest BCUT2D eigenvalue weighted by Gasteiger charge is -2.02. The summed E-state index contributed by atoms with van der Waals surface area (Å²) >= 11 is 0. The minimum atomic E-state index is -0.677. The van der Waals surface area contributed by atoms with Crippen molar-refractivity contribution < 1.29 is 20.9 Å². The predicted molar refractivity (Wildman–Crippen MR) is 43.6 cm³/mol. The first-order chi connectivity index (χ1) is 4.18. The van der Waals surface area contributed by atoms with Gasteiger partial charge < -0.3 is 16.1 Å². The average molecular weight is 166 g/mol. The normalized spacial score (nSPS) is 10.7. The van der Waals surface area contributed by atoms with E-state index in [2.05, 4.69) is 6.92 Å². The fourth-order valence-electron chi connectivity index (χ4n) is 0.634. The Bertz CT molecular complexity index is 92.4. The lowest BCUT2D eigenvalue weighted by Crippen LogP contribution is -2.08. The quantitative estimate of drug-likeness (QED) is 0.647. The minimum Gasteiger partial charge on any atom is -0.481 e. The second kappa shape index (κ2) is 9.39. The van der Waals surface area contributed by atoms with Crippen molar-refractivity contribution in [3.8, 4) is 0 Å². The van der Waals surface area contributed by atoms with E-state index in [9.17, 15) is 4.79 Å². The van der Waals surface area contributed by atoms with Gasteiger partial charge in [0.25, 0.3) is 0 Å². The molecule has 0 aromatic rings. The maximum absolute atomic E-state index is 10.2. The number of hydrogen-bond acceptors (Lipinski definition) is 1. The zero-order chi connectivity index (χ0) is 7.28. The Balaban J connectivity index is -0.000000320. The zero-order valence-corrected chi connectivity index (χ0v) is 7.05. The smallest absolute Gasteiger partial charge is 0.306 e. The highest BCUT2D eigenvalue weighted by Gasteiger charge is 2.08. The monoisotopic (exact) mass is 166 g/mol. The van der Waals surface area contributed by atoms with Crippen LogP contribution in [0.4, 0.5) is 0 Å². The third-order valence-corrected chi connectivity index (χ3v) is 1.41. The third kappa shape index (κ3) is 9.39. The molecule has 5 N–H and O–H groups in total. The summed E-state index contributed by atoms with van der Waals surface area (Å²) in [5.41, 5.74) is 0. The summed E-state index contributed by atoms with van der Waals surface area (Å²) < 4.78 is 0. The Hall–Kier alpha value is -0.610. The van der Waals surface area contributed by atoms with E-state index in [1.54, 1.807) is 6.92 Å². The molecular formula is C7H18O4. The Kier molecular flexibility index (Phi) is 14.3. The highest BCUT2D eigenvalue weighted by atomic mass is 16.4. The van der Waals surface area contributed by atoms with E-state index in [-0.39, 0.29) is 16.9 Å². The van der Waals surface area contributed by atoms with Crippen molar-refractivity contribution >= 4 is 5.97 Å². The molecule has 0 saturated carbocycles. The summed E-state index contributed by atoms with van der Waals surface area (Å²) in [6, 6.07) is 0. The molecule has 0 aliphatic heterocycles. The van der Waals surface area contributed by atoms with Crippen molar-refractivity contribution in [2.45, 2.75) is 33.1 Å². The zero-order valence-electron chi connectivity index (χ0n) is 7.05. The van der Waals surface area contributed by atoms with E-state index in [1.165, 1.54) is 0 Å².